The van der Waals surface area contributed by atoms with Gasteiger partial charge in [-0.15, -0.1) is 11.3 Å². The number of nitrogens with two attached hydrogens (primary N) is 1. The zero-order valence-electron chi connectivity index (χ0n) is 11.7. The van der Waals surface area contributed by atoms with Gasteiger partial charge >= 0.3 is 0 Å². The predicted molar refractivity (Wildman–Crippen MR) is 78.4 cm³/mol. The molecule has 0 spiro atoms. The standard InChI is InChI=1S/C13H17N5OS/c1-8(2)12-15-4-10(14)11(17-12)13(19)18(3)5-9-6-20-7-16-9/h4,6-8H,5,14H2,1-3H3. The largest absolute Gasteiger partial charge is 0.396 e. The van der Waals surface area contributed by atoms with Crippen LogP contribution in [0, 0.1) is 0 Å². The molecule has 20 heavy (non-hydrogen) atoms. The number of carbonyl (C=O) groups is 1. The SMILES string of the molecule is CC(C)c1ncc(N)c(C(=O)N(C)Cc2cscn2)n1. The topological polar surface area (TPSA) is 85.0 Å². The smallest absolute Gasteiger partial charge is 0.274 e. The van der Waals surface area contributed by atoms with Crippen molar-refractivity contribution < 1.29 is 4.79 Å². The molecule has 0 aliphatic heterocycles. The minimum absolute atomic E-state index is 0.144. The van der Waals surface area contributed by atoms with Crippen LogP contribution in [0.3, 0.4) is 0 Å². The number of hydrogen-bond acceptors (Lipinski definition) is 6. The van der Waals surface area contributed by atoms with Crippen molar-refractivity contribution in [3.8, 4) is 0 Å². The van der Waals surface area contributed by atoms with E-state index in [1.165, 1.54) is 17.5 Å². The normalized spacial score (nSPS) is 10.8. The van der Waals surface area contributed by atoms with E-state index >= 15 is 0 Å². The van der Waals surface area contributed by atoms with Crippen molar-refractivity contribution in [3.05, 3.63) is 34.3 Å². The molecule has 0 bridgehead atoms. The zero-order chi connectivity index (χ0) is 14.7. The van der Waals surface area contributed by atoms with Crippen LogP contribution in [0.25, 0.3) is 0 Å². The number of aromatic nitrogens is 3. The van der Waals surface area contributed by atoms with Gasteiger partial charge in [0, 0.05) is 18.3 Å². The molecule has 2 rings (SSSR count). The fourth-order valence-corrected chi connectivity index (χ4v) is 2.22. The Kier molecular flexibility index (Phi) is 4.29. The van der Waals surface area contributed by atoms with E-state index in [9.17, 15) is 4.79 Å². The number of nitrogens with zero attached hydrogens (tertiary/aromatic N) is 4. The summed E-state index contributed by atoms with van der Waals surface area (Å²) in [5.41, 5.74) is 8.95. The lowest BCUT2D eigenvalue weighted by atomic mass is 10.2. The first-order valence-corrected chi connectivity index (χ1v) is 7.18. The highest BCUT2D eigenvalue weighted by Crippen LogP contribution is 2.16. The van der Waals surface area contributed by atoms with E-state index in [4.69, 9.17) is 5.73 Å². The van der Waals surface area contributed by atoms with E-state index in [-0.39, 0.29) is 17.5 Å². The van der Waals surface area contributed by atoms with Gasteiger partial charge in [-0.25, -0.2) is 15.0 Å². The van der Waals surface area contributed by atoms with Crippen LogP contribution in [-0.2, 0) is 6.54 Å². The molecule has 0 aliphatic rings. The van der Waals surface area contributed by atoms with Gasteiger partial charge < -0.3 is 10.6 Å². The number of amides is 1. The zero-order valence-corrected chi connectivity index (χ0v) is 12.5. The summed E-state index contributed by atoms with van der Waals surface area (Å²) in [6.45, 7) is 4.38. The molecular weight excluding hydrogens is 274 g/mol. The number of anilines is 1. The molecule has 6 nitrogen and oxygen atoms in total. The van der Waals surface area contributed by atoms with Crippen LogP contribution in [0.4, 0.5) is 5.69 Å². The summed E-state index contributed by atoms with van der Waals surface area (Å²) in [6.07, 6.45) is 1.49. The van der Waals surface area contributed by atoms with E-state index in [2.05, 4.69) is 15.0 Å². The maximum Gasteiger partial charge on any atom is 0.274 e. The average Bonchev–Trinajstić information content (AvgIpc) is 2.91. The number of hydrogen-bond donors (Lipinski definition) is 1. The van der Waals surface area contributed by atoms with E-state index in [0.717, 1.165) is 5.69 Å². The van der Waals surface area contributed by atoms with E-state index in [1.807, 2.05) is 19.2 Å². The van der Waals surface area contributed by atoms with E-state index in [0.29, 0.717) is 18.1 Å². The van der Waals surface area contributed by atoms with Crippen molar-refractivity contribution in [2.45, 2.75) is 26.3 Å². The van der Waals surface area contributed by atoms with Gasteiger partial charge in [0.05, 0.1) is 29.6 Å². The minimum atomic E-state index is -0.222. The Balaban J connectivity index is 2.21. The molecular formula is C13H17N5OS. The summed E-state index contributed by atoms with van der Waals surface area (Å²) in [6, 6.07) is 0. The molecule has 106 valence electrons. The van der Waals surface area contributed by atoms with Gasteiger partial charge in [0.1, 0.15) is 5.82 Å². The first-order valence-electron chi connectivity index (χ1n) is 6.24. The van der Waals surface area contributed by atoms with E-state index in [1.54, 1.807) is 17.5 Å². The van der Waals surface area contributed by atoms with Gasteiger partial charge in [-0.3, -0.25) is 4.79 Å². The average molecular weight is 291 g/mol. The van der Waals surface area contributed by atoms with Crippen molar-refractivity contribution in [2.75, 3.05) is 12.8 Å². The van der Waals surface area contributed by atoms with Crippen molar-refractivity contribution in [2.24, 2.45) is 0 Å². The second-order valence-corrected chi connectivity index (χ2v) is 5.55. The fraction of sp³-hybridized carbons (Fsp3) is 0.385. The molecule has 7 heteroatoms. The highest BCUT2D eigenvalue weighted by atomic mass is 32.1. The molecule has 0 saturated carbocycles. The predicted octanol–water partition coefficient (Wildman–Crippen LogP) is 1.91. The summed E-state index contributed by atoms with van der Waals surface area (Å²) >= 11 is 1.50. The molecule has 0 fully saturated rings. The molecule has 0 atom stereocenters. The lowest BCUT2D eigenvalue weighted by molar-refractivity contribution is 0.0778. The Labute approximate surface area is 121 Å². The Bertz CT molecular complexity index is 597. The van der Waals surface area contributed by atoms with Crippen molar-refractivity contribution >= 4 is 22.9 Å². The maximum absolute atomic E-state index is 12.4. The molecule has 0 saturated heterocycles. The molecule has 1 amide bonds. The Morgan fingerprint density at radius 1 is 1.45 bits per heavy atom. The van der Waals surface area contributed by atoms with Crippen LogP contribution in [0.1, 0.15) is 41.8 Å². The summed E-state index contributed by atoms with van der Waals surface area (Å²) in [4.78, 5) is 26.5. The van der Waals surface area contributed by atoms with Crippen LogP contribution in [0.15, 0.2) is 17.1 Å². The molecule has 0 aromatic carbocycles. The van der Waals surface area contributed by atoms with E-state index < -0.39 is 0 Å². The second kappa shape index (κ2) is 5.96. The van der Waals surface area contributed by atoms with Crippen molar-refractivity contribution in [1.29, 1.82) is 0 Å². The number of carbonyl (C=O) groups excluding carboxylic acids is 1. The highest BCUT2D eigenvalue weighted by molar-refractivity contribution is 7.07. The molecule has 2 N–H and O–H groups in total. The molecule has 2 aromatic rings. The third kappa shape index (κ3) is 3.11. The van der Waals surface area contributed by atoms with Crippen LogP contribution in [-0.4, -0.2) is 32.8 Å². The van der Waals surface area contributed by atoms with Crippen molar-refractivity contribution in [3.63, 3.8) is 0 Å². The summed E-state index contributed by atoms with van der Waals surface area (Å²) in [7, 11) is 1.71. The number of rotatable bonds is 4. The van der Waals surface area contributed by atoms with Crippen LogP contribution < -0.4 is 5.73 Å². The third-order valence-electron chi connectivity index (χ3n) is 2.78. The fourth-order valence-electron chi connectivity index (χ4n) is 1.67. The number of nitrogen functional groups attached to an aromatic ring is 1. The van der Waals surface area contributed by atoms with Gasteiger partial charge in [-0.1, -0.05) is 13.8 Å². The van der Waals surface area contributed by atoms with Gasteiger partial charge in [0.15, 0.2) is 5.69 Å². The Morgan fingerprint density at radius 3 is 2.80 bits per heavy atom. The highest BCUT2D eigenvalue weighted by Gasteiger charge is 2.19. The summed E-state index contributed by atoms with van der Waals surface area (Å²) in [5.74, 6) is 0.537. The lowest BCUT2D eigenvalue weighted by Gasteiger charge is -2.17. The first kappa shape index (κ1) is 14.4. The van der Waals surface area contributed by atoms with Crippen LogP contribution in [0.2, 0.25) is 0 Å². The summed E-state index contributed by atoms with van der Waals surface area (Å²) < 4.78 is 0. The number of thiazole rings is 1. The first-order chi connectivity index (χ1) is 9.49. The quantitative estimate of drug-likeness (QED) is 0.930. The molecule has 0 radical (unpaired) electrons. The molecule has 0 aliphatic carbocycles. The van der Waals surface area contributed by atoms with Crippen LogP contribution in [0.5, 0.6) is 0 Å². The van der Waals surface area contributed by atoms with Crippen LogP contribution >= 0.6 is 11.3 Å². The molecule has 2 aromatic heterocycles. The third-order valence-corrected chi connectivity index (χ3v) is 3.42. The minimum Gasteiger partial charge on any atom is -0.396 e. The monoisotopic (exact) mass is 291 g/mol. The second-order valence-electron chi connectivity index (χ2n) is 4.83. The Hall–Kier alpha value is -2.02. The van der Waals surface area contributed by atoms with Crippen molar-refractivity contribution in [1.82, 2.24) is 19.9 Å². The molecule has 2 heterocycles. The van der Waals surface area contributed by atoms with Gasteiger partial charge in [-0.05, 0) is 0 Å². The van der Waals surface area contributed by atoms with Gasteiger partial charge in [0.2, 0.25) is 0 Å². The maximum atomic E-state index is 12.4. The van der Waals surface area contributed by atoms with Gasteiger partial charge in [0.25, 0.3) is 5.91 Å². The lowest BCUT2D eigenvalue weighted by Crippen LogP contribution is -2.28. The molecule has 0 unspecified atom stereocenters. The van der Waals surface area contributed by atoms with Gasteiger partial charge in [-0.2, -0.15) is 0 Å². The Morgan fingerprint density at radius 2 is 2.20 bits per heavy atom. The summed E-state index contributed by atoms with van der Waals surface area (Å²) in [5, 5.41) is 1.91.